The van der Waals surface area contributed by atoms with Crippen LogP contribution in [-0.2, 0) is 16.6 Å². The van der Waals surface area contributed by atoms with Gasteiger partial charge in [-0.05, 0) is 12.8 Å². The second-order valence-corrected chi connectivity index (χ2v) is 6.73. The number of rotatable bonds is 7. The first-order chi connectivity index (χ1) is 7.66. The van der Waals surface area contributed by atoms with Crippen LogP contribution in [0.5, 0.6) is 0 Å². The molecule has 1 aromatic rings. The number of aromatic nitrogens is 1. The molecule has 90 valence electrons. The van der Waals surface area contributed by atoms with Crippen LogP contribution in [0.2, 0.25) is 0 Å². The van der Waals surface area contributed by atoms with Crippen molar-refractivity contribution < 1.29 is 8.42 Å². The van der Waals surface area contributed by atoms with E-state index in [1.807, 2.05) is 0 Å². The first-order valence-electron chi connectivity index (χ1n) is 5.24. The summed E-state index contributed by atoms with van der Waals surface area (Å²) in [6.07, 6.45) is 4.03. The van der Waals surface area contributed by atoms with Gasteiger partial charge in [0.05, 0.1) is 11.3 Å². The first kappa shape index (κ1) is 12.0. The molecule has 0 amide bonds. The number of nitrogens with one attached hydrogen (secondary N) is 2. The Balaban J connectivity index is 1.69. The van der Waals surface area contributed by atoms with Crippen molar-refractivity contribution in [3.8, 4) is 0 Å². The number of hydrogen-bond acceptors (Lipinski definition) is 5. The Hall–Kier alpha value is -0.500. The van der Waals surface area contributed by atoms with E-state index in [1.165, 1.54) is 24.2 Å². The predicted molar refractivity (Wildman–Crippen MR) is 63.8 cm³/mol. The lowest BCUT2D eigenvalue weighted by atomic mass is 10.6. The van der Waals surface area contributed by atoms with E-state index in [-0.39, 0.29) is 5.75 Å². The Morgan fingerprint density at radius 2 is 2.31 bits per heavy atom. The molecule has 0 radical (unpaired) electrons. The third-order valence-corrected chi connectivity index (χ3v) is 4.44. The number of hydrogen-bond donors (Lipinski definition) is 2. The Bertz CT molecular complexity index is 412. The molecule has 1 aromatic heterocycles. The van der Waals surface area contributed by atoms with Crippen molar-refractivity contribution in [3.63, 3.8) is 0 Å². The highest BCUT2D eigenvalue weighted by molar-refractivity contribution is 7.89. The molecule has 0 aliphatic heterocycles. The minimum atomic E-state index is -3.16. The van der Waals surface area contributed by atoms with Gasteiger partial charge in [0.1, 0.15) is 0 Å². The number of nitrogens with zero attached hydrogens (tertiary/aromatic N) is 1. The van der Waals surface area contributed by atoms with Crippen molar-refractivity contribution in [1.29, 1.82) is 0 Å². The largest absolute Gasteiger partial charge is 0.313 e. The Labute approximate surface area is 99.3 Å². The van der Waals surface area contributed by atoms with Gasteiger partial charge < -0.3 is 5.32 Å². The topological polar surface area (TPSA) is 71.1 Å². The van der Waals surface area contributed by atoms with Crippen LogP contribution >= 0.6 is 11.3 Å². The number of sulfonamides is 1. The highest BCUT2D eigenvalue weighted by atomic mass is 32.2. The Kier molecular flexibility index (Phi) is 3.91. The van der Waals surface area contributed by atoms with E-state index < -0.39 is 10.0 Å². The van der Waals surface area contributed by atoms with Crippen LogP contribution in [0.15, 0.2) is 11.7 Å². The van der Waals surface area contributed by atoms with Gasteiger partial charge in [-0.1, -0.05) is 0 Å². The summed E-state index contributed by atoms with van der Waals surface area (Å²) >= 11 is 1.45. The van der Waals surface area contributed by atoms with E-state index in [2.05, 4.69) is 15.0 Å². The van der Waals surface area contributed by atoms with Crippen molar-refractivity contribution in [2.75, 3.05) is 12.3 Å². The molecule has 2 rings (SSSR count). The standard InChI is InChI=1S/C9H15N3O2S2/c13-16(14,4-3-11-8-1-2-8)12-6-9-5-10-7-15-9/h5,7-8,11-12H,1-4,6H2. The molecule has 1 saturated carbocycles. The maximum absolute atomic E-state index is 11.6. The molecule has 0 bridgehead atoms. The molecule has 1 aliphatic carbocycles. The highest BCUT2D eigenvalue weighted by Crippen LogP contribution is 2.18. The van der Waals surface area contributed by atoms with Crippen LogP contribution in [0.1, 0.15) is 17.7 Å². The van der Waals surface area contributed by atoms with Crippen molar-refractivity contribution in [2.45, 2.75) is 25.4 Å². The van der Waals surface area contributed by atoms with Crippen LogP contribution in [0.3, 0.4) is 0 Å². The van der Waals surface area contributed by atoms with Gasteiger partial charge in [0.25, 0.3) is 0 Å². The summed E-state index contributed by atoms with van der Waals surface area (Å²) in [6, 6.07) is 0.552. The summed E-state index contributed by atoms with van der Waals surface area (Å²) in [5.41, 5.74) is 1.69. The number of thiazole rings is 1. The fraction of sp³-hybridized carbons (Fsp3) is 0.667. The second-order valence-electron chi connectivity index (χ2n) is 3.84. The monoisotopic (exact) mass is 261 g/mol. The van der Waals surface area contributed by atoms with Gasteiger partial charge in [0.15, 0.2) is 0 Å². The molecule has 0 aromatic carbocycles. The molecule has 16 heavy (non-hydrogen) atoms. The summed E-state index contributed by atoms with van der Waals surface area (Å²) in [7, 11) is -3.16. The SMILES string of the molecule is O=S(=O)(CCNC1CC1)NCc1cncs1. The van der Waals surface area contributed by atoms with Crippen molar-refractivity contribution in [3.05, 3.63) is 16.6 Å². The zero-order valence-corrected chi connectivity index (χ0v) is 10.5. The molecule has 1 aliphatic rings. The maximum atomic E-state index is 11.6. The molecule has 1 fully saturated rings. The normalized spacial score (nSPS) is 16.5. The molecule has 7 heteroatoms. The highest BCUT2D eigenvalue weighted by Gasteiger charge is 2.21. The van der Waals surface area contributed by atoms with E-state index in [4.69, 9.17) is 0 Å². The smallest absolute Gasteiger partial charge is 0.213 e. The minimum absolute atomic E-state index is 0.141. The fourth-order valence-electron chi connectivity index (χ4n) is 1.27. The summed E-state index contributed by atoms with van der Waals surface area (Å²) in [5, 5.41) is 3.18. The molecule has 0 spiro atoms. The van der Waals surface area contributed by atoms with Crippen LogP contribution in [-0.4, -0.2) is 31.7 Å². The van der Waals surface area contributed by atoms with Gasteiger partial charge in [-0.25, -0.2) is 13.1 Å². The minimum Gasteiger partial charge on any atom is -0.313 e. The molecule has 0 atom stereocenters. The van der Waals surface area contributed by atoms with Crippen molar-refractivity contribution in [1.82, 2.24) is 15.0 Å². The predicted octanol–water partition coefficient (Wildman–Crippen LogP) is 0.315. The van der Waals surface area contributed by atoms with Crippen molar-refractivity contribution in [2.24, 2.45) is 0 Å². The molecular weight excluding hydrogens is 246 g/mol. The molecule has 0 unspecified atom stereocenters. The zero-order valence-electron chi connectivity index (χ0n) is 8.85. The summed E-state index contributed by atoms with van der Waals surface area (Å²) < 4.78 is 25.7. The van der Waals surface area contributed by atoms with Gasteiger partial charge in [0.2, 0.25) is 10.0 Å². The molecular formula is C9H15N3O2S2. The van der Waals surface area contributed by atoms with Crippen LogP contribution in [0.4, 0.5) is 0 Å². The third-order valence-electron chi connectivity index (χ3n) is 2.33. The Morgan fingerprint density at radius 1 is 1.50 bits per heavy atom. The molecule has 1 heterocycles. The van der Waals surface area contributed by atoms with Crippen LogP contribution in [0, 0.1) is 0 Å². The van der Waals surface area contributed by atoms with E-state index >= 15 is 0 Å². The summed E-state index contributed by atoms with van der Waals surface area (Å²) in [6.45, 7) is 0.874. The van der Waals surface area contributed by atoms with E-state index in [0.29, 0.717) is 19.1 Å². The zero-order chi connectivity index (χ0) is 11.4. The lowest BCUT2D eigenvalue weighted by Crippen LogP contribution is -2.32. The summed E-state index contributed by atoms with van der Waals surface area (Å²) in [4.78, 5) is 4.82. The quantitative estimate of drug-likeness (QED) is 0.741. The van der Waals surface area contributed by atoms with Crippen molar-refractivity contribution >= 4 is 21.4 Å². The summed E-state index contributed by atoms with van der Waals surface area (Å²) in [5.74, 6) is 0.141. The third kappa shape index (κ3) is 4.17. The first-order valence-corrected chi connectivity index (χ1v) is 7.77. The lowest BCUT2D eigenvalue weighted by molar-refractivity contribution is 0.576. The second kappa shape index (κ2) is 5.22. The van der Waals surface area contributed by atoms with Gasteiger partial charge in [0, 0.05) is 30.2 Å². The van der Waals surface area contributed by atoms with E-state index in [1.54, 1.807) is 11.7 Å². The van der Waals surface area contributed by atoms with E-state index in [9.17, 15) is 8.42 Å². The van der Waals surface area contributed by atoms with Gasteiger partial charge in [-0.3, -0.25) is 4.98 Å². The lowest BCUT2D eigenvalue weighted by Gasteiger charge is -2.05. The maximum Gasteiger partial charge on any atom is 0.213 e. The van der Waals surface area contributed by atoms with Crippen LogP contribution in [0.25, 0.3) is 0 Å². The average molecular weight is 261 g/mol. The molecule has 5 nitrogen and oxygen atoms in total. The molecule has 2 N–H and O–H groups in total. The van der Waals surface area contributed by atoms with Gasteiger partial charge in [-0.2, -0.15) is 0 Å². The van der Waals surface area contributed by atoms with Gasteiger partial charge in [-0.15, -0.1) is 11.3 Å². The fourth-order valence-corrected chi connectivity index (χ4v) is 2.80. The molecule has 0 saturated heterocycles. The Morgan fingerprint density at radius 3 is 2.94 bits per heavy atom. The van der Waals surface area contributed by atoms with Crippen LogP contribution < -0.4 is 10.0 Å². The van der Waals surface area contributed by atoms with Gasteiger partial charge >= 0.3 is 0 Å². The average Bonchev–Trinajstić information content (AvgIpc) is 2.91. The van der Waals surface area contributed by atoms with E-state index in [0.717, 1.165) is 4.88 Å².